The van der Waals surface area contributed by atoms with Crippen molar-refractivity contribution in [3.63, 3.8) is 0 Å². The van der Waals surface area contributed by atoms with Gasteiger partial charge in [-0.3, -0.25) is 0 Å². The van der Waals surface area contributed by atoms with E-state index < -0.39 is 0 Å². The summed E-state index contributed by atoms with van der Waals surface area (Å²) in [6.07, 6.45) is 0. The molecule has 0 nitrogen and oxygen atoms in total. The van der Waals surface area contributed by atoms with Crippen LogP contribution >= 0.6 is 0 Å². The fourth-order valence-corrected chi connectivity index (χ4v) is 0. The Labute approximate surface area is 138 Å². The molecule has 0 amide bonds. The molecule has 8 heavy (non-hydrogen) atoms. The molecule has 0 unspecified atom stereocenters. The smallest absolute Gasteiger partial charge is 1.00 e. The van der Waals surface area contributed by atoms with Crippen molar-refractivity contribution in [1.82, 2.24) is 0 Å². The van der Waals surface area contributed by atoms with Gasteiger partial charge >= 0.3 is 66.1 Å². The Bertz CT molecular complexity index is 8.49. The van der Waals surface area contributed by atoms with E-state index in [0.717, 1.165) is 0 Å². The normalized spacial score (nSPS) is 0. The van der Waals surface area contributed by atoms with Gasteiger partial charge in [0, 0.05) is 0 Å². The second kappa shape index (κ2) is 70.3. The third-order valence-electron chi connectivity index (χ3n) is 0. The van der Waals surface area contributed by atoms with Gasteiger partial charge in [0.15, 0.2) is 0 Å². The van der Waals surface area contributed by atoms with Gasteiger partial charge in [0.2, 0.25) is 0 Å². The minimum Gasteiger partial charge on any atom is -1.00 e. The second-order valence-electron chi connectivity index (χ2n) is 0. The van der Waals surface area contributed by atoms with Crippen LogP contribution < -0.4 is 74.4 Å². The molecule has 50 valence electrons. The third kappa shape index (κ3) is 51.6. The van der Waals surface area contributed by atoms with Crippen molar-refractivity contribution in [3.05, 3.63) is 0 Å². The molecule has 0 rings (SSSR count). The molecule has 0 aromatic heterocycles. The minimum atomic E-state index is 0. The van der Waals surface area contributed by atoms with Crippen LogP contribution in [0.5, 0.6) is 0 Å². The first-order chi connectivity index (χ1) is 0. The number of rotatable bonds is 0. The van der Waals surface area contributed by atoms with Crippen LogP contribution in [0.3, 0.4) is 0 Å². The molecular weight excluding hydrogens is 535 g/mol. The predicted octanol–water partition coefficient (Wildman–Crippen LogP) is -18.0. The number of hydrogen-bond donors (Lipinski definition) is 0. The fourth-order valence-electron chi connectivity index (χ4n) is 0. The largest absolute Gasteiger partial charge is 4.00 e. The second-order valence-corrected chi connectivity index (χ2v) is 0. The molecular formula is Cl6MoRa. The molecule has 8 heteroatoms. The zero-order valence-electron chi connectivity index (χ0n) is 3.38. The van der Waals surface area contributed by atoms with Crippen molar-refractivity contribution in [3.8, 4) is 0 Å². The Balaban J connectivity index is 0. The monoisotopic (exact) mass is 534 g/mol. The van der Waals surface area contributed by atoms with Crippen molar-refractivity contribution in [2.75, 3.05) is 0 Å². The van der Waals surface area contributed by atoms with Gasteiger partial charge in [-0.15, -0.1) is 0 Å². The van der Waals surface area contributed by atoms with E-state index in [2.05, 4.69) is 0 Å². The van der Waals surface area contributed by atoms with E-state index in [9.17, 15) is 0 Å². The SMILES string of the molecule is [Cl-].[Cl-].[Cl-].[Cl-].[Cl-].[Cl-].[Mo+4].[Ra+2]. The van der Waals surface area contributed by atoms with E-state index in [1.54, 1.807) is 0 Å². The topological polar surface area (TPSA) is 0 Å². The Morgan fingerprint density at radius 2 is 0.375 bits per heavy atom. The molecule has 0 aliphatic carbocycles. The van der Waals surface area contributed by atoms with Crippen molar-refractivity contribution >= 4 is 0 Å². The summed E-state index contributed by atoms with van der Waals surface area (Å²) >= 11 is 0. The molecule has 0 saturated carbocycles. The Hall–Kier alpha value is 3.90. The van der Waals surface area contributed by atoms with Crippen LogP contribution in [0, 0.1) is 45.0 Å². The number of hydrogen-bond acceptors (Lipinski definition) is 0. The van der Waals surface area contributed by atoms with Gasteiger partial charge in [0.1, 0.15) is 0 Å². The van der Waals surface area contributed by atoms with E-state index in [0.29, 0.717) is 0 Å². The summed E-state index contributed by atoms with van der Waals surface area (Å²) in [6, 6.07) is 0. The van der Waals surface area contributed by atoms with Crippen LogP contribution in [0.25, 0.3) is 0 Å². The molecule has 0 aromatic rings. The van der Waals surface area contributed by atoms with Gasteiger partial charge in [-0.25, -0.2) is 0 Å². The molecule has 0 saturated heterocycles. The molecule has 0 bridgehead atoms. The third-order valence-corrected chi connectivity index (χ3v) is 0. The molecule has 0 aliphatic rings. The standard InChI is InChI=1S/6ClH.Mo.Ra/h6*1H;;/q;;;;;;+4;+2/p-6. The summed E-state index contributed by atoms with van der Waals surface area (Å²) < 4.78 is 0. The van der Waals surface area contributed by atoms with E-state index in [1.165, 1.54) is 0 Å². The number of halogens is 6. The Morgan fingerprint density at radius 3 is 0.375 bits per heavy atom. The molecule has 0 fully saturated rings. The van der Waals surface area contributed by atoms with E-state index >= 15 is 0 Å². The molecule has 0 radical (unpaired) electrons. The summed E-state index contributed by atoms with van der Waals surface area (Å²) in [4.78, 5) is 0. The molecule has 0 aromatic carbocycles. The molecule has 0 spiro atoms. The van der Waals surface area contributed by atoms with Crippen molar-refractivity contribution in [1.29, 1.82) is 0 Å². The molecule has 0 N–H and O–H groups in total. The maximum Gasteiger partial charge on any atom is 4.00 e. The van der Waals surface area contributed by atoms with Gasteiger partial charge < -0.3 is 74.4 Å². The first kappa shape index (κ1) is 93.0. The van der Waals surface area contributed by atoms with E-state index in [4.69, 9.17) is 0 Å². The van der Waals surface area contributed by atoms with Crippen LogP contribution in [-0.4, -0.2) is 0 Å². The van der Waals surface area contributed by atoms with Crippen LogP contribution in [0.4, 0.5) is 0 Å². The molecule has 0 aliphatic heterocycles. The van der Waals surface area contributed by atoms with Crippen LogP contribution in [0.2, 0.25) is 0 Å². The summed E-state index contributed by atoms with van der Waals surface area (Å²) in [5, 5.41) is 0. The summed E-state index contributed by atoms with van der Waals surface area (Å²) in [6.45, 7) is 0. The van der Waals surface area contributed by atoms with E-state index in [1.807, 2.05) is 0 Å². The van der Waals surface area contributed by atoms with Gasteiger partial charge in [-0.1, -0.05) is 0 Å². The Morgan fingerprint density at radius 1 is 0.375 bits per heavy atom. The fraction of sp³-hybridized carbons (Fsp3) is 0. The van der Waals surface area contributed by atoms with Gasteiger partial charge in [-0.05, 0) is 0 Å². The van der Waals surface area contributed by atoms with Gasteiger partial charge in [-0.2, -0.15) is 0 Å². The Kier molecular flexibility index (Phi) is 818. The van der Waals surface area contributed by atoms with Gasteiger partial charge in [0.05, 0.1) is 0 Å². The zero-order valence-corrected chi connectivity index (χ0v) is 15.7. The average Bonchev–Trinajstić information content (AvgIpc) is 0. The predicted molar refractivity (Wildman–Crippen MR) is 0 cm³/mol. The van der Waals surface area contributed by atoms with Crippen LogP contribution in [-0.2, 0) is 21.1 Å². The summed E-state index contributed by atoms with van der Waals surface area (Å²) in [5.74, 6) is 0. The van der Waals surface area contributed by atoms with Gasteiger partial charge in [0.25, 0.3) is 0 Å². The van der Waals surface area contributed by atoms with Crippen LogP contribution in [0.1, 0.15) is 0 Å². The van der Waals surface area contributed by atoms with Crippen molar-refractivity contribution < 1.29 is 141 Å². The summed E-state index contributed by atoms with van der Waals surface area (Å²) in [7, 11) is 0. The maximum absolute atomic E-state index is 0. The van der Waals surface area contributed by atoms with Crippen LogP contribution in [0.15, 0.2) is 0 Å². The van der Waals surface area contributed by atoms with Crippen molar-refractivity contribution in [2.24, 2.45) is 0 Å². The van der Waals surface area contributed by atoms with E-state index in [-0.39, 0.29) is 141 Å². The maximum atomic E-state index is 0. The first-order valence-electron chi connectivity index (χ1n) is 0. The molecule has 0 heterocycles. The average molecular weight is 535 g/mol. The quantitative estimate of drug-likeness (QED) is 0.271. The minimum absolute atomic E-state index is 0. The van der Waals surface area contributed by atoms with Crippen molar-refractivity contribution in [2.45, 2.75) is 0 Å². The summed E-state index contributed by atoms with van der Waals surface area (Å²) in [5.41, 5.74) is 0. The first-order valence-corrected chi connectivity index (χ1v) is 0. The zero-order chi connectivity index (χ0) is 0. The molecule has 0 atom stereocenters.